The zero-order chi connectivity index (χ0) is 19.6. The molecule has 3 aromatic rings. The van der Waals surface area contributed by atoms with Gasteiger partial charge in [0.1, 0.15) is 16.5 Å². The average molecular weight is 430 g/mol. The van der Waals surface area contributed by atoms with E-state index in [9.17, 15) is 17.2 Å². The first-order valence-electron chi connectivity index (χ1n) is 7.70. The largest absolute Gasteiger partial charge is 0.377 e. The fourth-order valence-corrected chi connectivity index (χ4v) is 4.58. The van der Waals surface area contributed by atoms with Crippen LogP contribution in [0.5, 0.6) is 0 Å². The Bertz CT molecular complexity index is 1060. The van der Waals surface area contributed by atoms with Crippen molar-refractivity contribution in [1.82, 2.24) is 4.98 Å². The van der Waals surface area contributed by atoms with Gasteiger partial charge in [0, 0.05) is 17.1 Å². The fourth-order valence-electron chi connectivity index (χ4n) is 2.43. The summed E-state index contributed by atoms with van der Waals surface area (Å²) in [6.07, 6.45) is 1.42. The summed E-state index contributed by atoms with van der Waals surface area (Å²) in [6.45, 7) is 1.68. The van der Waals surface area contributed by atoms with Crippen LogP contribution in [0.4, 0.5) is 19.6 Å². The molecule has 142 valence electrons. The highest BCUT2D eigenvalue weighted by Gasteiger charge is 2.23. The van der Waals surface area contributed by atoms with Gasteiger partial charge in [-0.1, -0.05) is 29.8 Å². The van der Waals surface area contributed by atoms with E-state index in [1.165, 1.54) is 12.3 Å². The second-order valence-electron chi connectivity index (χ2n) is 5.59. The summed E-state index contributed by atoms with van der Waals surface area (Å²) >= 11 is 7.19. The molecule has 0 unspecified atom stereocenters. The molecule has 0 bridgehead atoms. The SMILES string of the molecule is C[C@H](Nc1cc(F)c(S(=O)(=O)Nc2nccs2)cc1Cl)c1ccccc1F. The van der Waals surface area contributed by atoms with E-state index in [1.807, 2.05) is 0 Å². The van der Waals surface area contributed by atoms with Crippen molar-refractivity contribution in [3.63, 3.8) is 0 Å². The van der Waals surface area contributed by atoms with Gasteiger partial charge >= 0.3 is 0 Å². The molecule has 0 fully saturated rings. The Morgan fingerprint density at radius 1 is 1.19 bits per heavy atom. The van der Waals surface area contributed by atoms with E-state index in [0.717, 1.165) is 23.5 Å². The van der Waals surface area contributed by atoms with Crippen LogP contribution in [0.25, 0.3) is 0 Å². The van der Waals surface area contributed by atoms with E-state index in [2.05, 4.69) is 15.0 Å². The Balaban J connectivity index is 1.88. The number of hydrogen-bond donors (Lipinski definition) is 2. The number of rotatable bonds is 6. The molecule has 1 heterocycles. The number of benzene rings is 2. The molecule has 0 spiro atoms. The average Bonchev–Trinajstić information content (AvgIpc) is 3.10. The lowest BCUT2D eigenvalue weighted by atomic mass is 10.1. The summed E-state index contributed by atoms with van der Waals surface area (Å²) in [7, 11) is -4.19. The molecule has 1 aromatic heterocycles. The minimum absolute atomic E-state index is 0.0147. The molecule has 0 aliphatic rings. The minimum Gasteiger partial charge on any atom is -0.377 e. The van der Waals surface area contributed by atoms with Crippen molar-refractivity contribution in [2.45, 2.75) is 17.9 Å². The van der Waals surface area contributed by atoms with Gasteiger partial charge in [0.15, 0.2) is 5.13 Å². The van der Waals surface area contributed by atoms with Crippen molar-refractivity contribution >= 4 is 43.8 Å². The number of aromatic nitrogens is 1. The van der Waals surface area contributed by atoms with E-state index in [-0.39, 0.29) is 15.8 Å². The molecule has 0 aliphatic carbocycles. The molecular weight excluding hydrogens is 416 g/mol. The van der Waals surface area contributed by atoms with Gasteiger partial charge in [-0.2, -0.15) is 0 Å². The predicted octanol–water partition coefficient (Wildman–Crippen LogP) is 5.05. The molecule has 1 atom stereocenters. The second kappa shape index (κ2) is 7.79. The van der Waals surface area contributed by atoms with Crippen LogP contribution >= 0.6 is 22.9 Å². The van der Waals surface area contributed by atoms with Crippen molar-refractivity contribution in [2.24, 2.45) is 0 Å². The van der Waals surface area contributed by atoms with Gasteiger partial charge in [-0.25, -0.2) is 22.2 Å². The Labute approximate surface area is 164 Å². The highest BCUT2D eigenvalue weighted by atomic mass is 35.5. The third kappa shape index (κ3) is 4.37. The van der Waals surface area contributed by atoms with Crippen molar-refractivity contribution < 1.29 is 17.2 Å². The summed E-state index contributed by atoms with van der Waals surface area (Å²) in [5.41, 5.74) is 0.522. The molecule has 0 aliphatic heterocycles. The highest BCUT2D eigenvalue weighted by molar-refractivity contribution is 7.93. The van der Waals surface area contributed by atoms with Crippen molar-refractivity contribution in [1.29, 1.82) is 0 Å². The predicted molar refractivity (Wildman–Crippen MR) is 103 cm³/mol. The fraction of sp³-hybridized carbons (Fsp3) is 0.118. The molecule has 10 heteroatoms. The van der Waals surface area contributed by atoms with Crippen LogP contribution < -0.4 is 10.0 Å². The molecule has 3 rings (SSSR count). The van der Waals surface area contributed by atoms with Crippen molar-refractivity contribution in [3.8, 4) is 0 Å². The van der Waals surface area contributed by atoms with Crippen LogP contribution in [0.15, 0.2) is 52.9 Å². The molecule has 0 radical (unpaired) electrons. The van der Waals surface area contributed by atoms with Crippen LogP contribution in [0.2, 0.25) is 5.02 Å². The van der Waals surface area contributed by atoms with Crippen molar-refractivity contribution in [2.75, 3.05) is 10.0 Å². The van der Waals surface area contributed by atoms with E-state index >= 15 is 0 Å². The summed E-state index contributed by atoms with van der Waals surface area (Å²) in [4.78, 5) is 3.20. The Kier molecular flexibility index (Phi) is 5.64. The number of anilines is 2. The highest BCUT2D eigenvalue weighted by Crippen LogP contribution is 2.32. The Morgan fingerprint density at radius 2 is 1.93 bits per heavy atom. The van der Waals surface area contributed by atoms with Crippen molar-refractivity contribution in [3.05, 3.63) is 70.2 Å². The van der Waals surface area contributed by atoms with Gasteiger partial charge in [0.05, 0.1) is 16.8 Å². The van der Waals surface area contributed by atoms with Gasteiger partial charge in [-0.15, -0.1) is 11.3 Å². The summed E-state index contributed by atoms with van der Waals surface area (Å²) in [6, 6.07) is 7.61. The number of nitrogens with one attached hydrogen (secondary N) is 2. The van der Waals surface area contributed by atoms with Gasteiger partial charge in [0.25, 0.3) is 10.0 Å². The second-order valence-corrected chi connectivity index (χ2v) is 8.55. The molecule has 0 amide bonds. The number of halogens is 3. The van der Waals surface area contributed by atoms with Crippen LogP contribution in [-0.4, -0.2) is 13.4 Å². The summed E-state index contributed by atoms with van der Waals surface area (Å²) < 4.78 is 55.3. The lowest BCUT2D eigenvalue weighted by Crippen LogP contribution is -2.15. The Hall–Kier alpha value is -2.23. The molecular formula is C17H14ClF2N3O2S2. The van der Waals surface area contributed by atoms with Crippen LogP contribution in [0, 0.1) is 11.6 Å². The van der Waals surface area contributed by atoms with E-state index in [0.29, 0.717) is 5.56 Å². The first-order valence-corrected chi connectivity index (χ1v) is 10.4. The number of nitrogens with zero attached hydrogens (tertiary/aromatic N) is 1. The third-order valence-corrected chi connectivity index (χ3v) is 6.19. The number of hydrogen-bond acceptors (Lipinski definition) is 5. The minimum atomic E-state index is -4.19. The van der Waals surface area contributed by atoms with Gasteiger partial charge in [-0.05, 0) is 25.1 Å². The maximum atomic E-state index is 14.5. The number of sulfonamides is 1. The van der Waals surface area contributed by atoms with E-state index < -0.39 is 32.6 Å². The monoisotopic (exact) mass is 429 g/mol. The first-order chi connectivity index (χ1) is 12.8. The van der Waals surface area contributed by atoms with Crippen LogP contribution in [0.3, 0.4) is 0 Å². The standard InChI is InChI=1S/C17H14ClF2N3O2S2/c1-10(11-4-2-3-5-13(11)19)22-15-9-14(20)16(8-12(15)18)27(24,25)23-17-21-6-7-26-17/h2-10,22H,1H3,(H,21,23)/t10-/m0/s1. The zero-order valence-corrected chi connectivity index (χ0v) is 16.3. The lowest BCUT2D eigenvalue weighted by molar-refractivity contribution is 0.570. The molecule has 0 saturated heterocycles. The molecule has 2 N–H and O–H groups in total. The van der Waals surface area contributed by atoms with Gasteiger partial charge in [-0.3, -0.25) is 4.72 Å². The summed E-state index contributed by atoms with van der Waals surface area (Å²) in [5.74, 6) is -1.41. The maximum Gasteiger partial charge on any atom is 0.266 e. The smallest absolute Gasteiger partial charge is 0.266 e. The quantitative estimate of drug-likeness (QED) is 0.575. The lowest BCUT2D eigenvalue weighted by Gasteiger charge is -2.18. The van der Waals surface area contributed by atoms with E-state index in [1.54, 1.807) is 30.5 Å². The van der Waals surface area contributed by atoms with Crippen LogP contribution in [-0.2, 0) is 10.0 Å². The van der Waals surface area contributed by atoms with E-state index in [4.69, 9.17) is 11.6 Å². The third-order valence-electron chi connectivity index (χ3n) is 3.71. The number of thiazole rings is 1. The van der Waals surface area contributed by atoms with Crippen LogP contribution in [0.1, 0.15) is 18.5 Å². The first kappa shape index (κ1) is 19.5. The Morgan fingerprint density at radius 3 is 2.59 bits per heavy atom. The molecule has 0 saturated carbocycles. The van der Waals surface area contributed by atoms with Gasteiger partial charge in [0.2, 0.25) is 0 Å². The normalized spacial score (nSPS) is 12.6. The topological polar surface area (TPSA) is 71.1 Å². The summed E-state index contributed by atoms with van der Waals surface area (Å²) in [5, 5.41) is 4.57. The molecule has 2 aromatic carbocycles. The molecule has 27 heavy (non-hydrogen) atoms. The molecule has 5 nitrogen and oxygen atoms in total. The van der Waals surface area contributed by atoms with Gasteiger partial charge < -0.3 is 5.32 Å². The maximum absolute atomic E-state index is 14.5. The zero-order valence-electron chi connectivity index (χ0n) is 13.9.